The molecule has 0 aromatic rings. The van der Waals surface area contributed by atoms with Gasteiger partial charge in [0.15, 0.2) is 0 Å². The molecular weight excluding hydrogens is 264 g/mol. The second-order valence-electron chi connectivity index (χ2n) is 4.48. The normalized spacial score (nSPS) is 30.8. The lowest BCUT2D eigenvalue weighted by atomic mass is 10.0. The predicted molar refractivity (Wildman–Crippen MR) is 65.2 cm³/mol. The van der Waals surface area contributed by atoms with Crippen LogP contribution < -0.4 is 5.73 Å². The van der Waals surface area contributed by atoms with Crippen molar-refractivity contribution in [2.24, 2.45) is 5.73 Å². The van der Waals surface area contributed by atoms with Gasteiger partial charge < -0.3 is 15.4 Å². The summed E-state index contributed by atoms with van der Waals surface area (Å²) in [7, 11) is 1.30. The van der Waals surface area contributed by atoms with E-state index in [4.69, 9.17) is 22.1 Å². The molecule has 0 spiro atoms. The summed E-state index contributed by atoms with van der Waals surface area (Å²) in [6.45, 7) is 3.76. The highest BCUT2D eigenvalue weighted by Gasteiger charge is 2.58. The molecule has 0 bridgehead atoms. The maximum absolute atomic E-state index is 12.0. The highest BCUT2D eigenvalue weighted by atomic mass is 35.5. The first kappa shape index (κ1) is 12.6. The lowest BCUT2D eigenvalue weighted by Crippen LogP contribution is -2.49. The summed E-state index contributed by atoms with van der Waals surface area (Å²) in [6, 6.07) is -0.662. The van der Waals surface area contributed by atoms with Gasteiger partial charge in [-0.3, -0.25) is 4.79 Å². The van der Waals surface area contributed by atoms with Gasteiger partial charge in [-0.1, -0.05) is 11.6 Å². The Hall–Kier alpha value is -0.880. The lowest BCUT2D eigenvalue weighted by Gasteiger charge is -2.27. The third-order valence-corrected chi connectivity index (χ3v) is 4.89. The Morgan fingerprint density at radius 2 is 2.18 bits per heavy atom. The molecule has 0 aliphatic carbocycles. The number of rotatable bonds is 1. The molecule has 1 saturated heterocycles. The van der Waals surface area contributed by atoms with Gasteiger partial charge in [-0.2, -0.15) is 0 Å². The lowest BCUT2D eigenvalue weighted by molar-refractivity contribution is -0.151. The number of thioether (sulfide) groups is 1. The van der Waals surface area contributed by atoms with Crippen molar-refractivity contribution >= 4 is 35.2 Å². The Morgan fingerprint density at radius 1 is 1.59 bits per heavy atom. The number of esters is 1. The highest BCUT2D eigenvalue weighted by molar-refractivity contribution is 8.01. The molecule has 1 amide bonds. The van der Waals surface area contributed by atoms with Gasteiger partial charge in [0.1, 0.15) is 16.4 Å². The van der Waals surface area contributed by atoms with Crippen molar-refractivity contribution in [2.75, 3.05) is 7.11 Å². The zero-order chi connectivity index (χ0) is 13.0. The molecule has 0 saturated carbocycles. The molecule has 94 valence electrons. The molecule has 0 radical (unpaired) electrons. The van der Waals surface area contributed by atoms with E-state index in [1.807, 2.05) is 13.8 Å². The largest absolute Gasteiger partial charge is 0.467 e. The number of nitrogens with zero attached hydrogens (tertiary/aromatic N) is 1. The molecule has 7 heteroatoms. The summed E-state index contributed by atoms with van der Waals surface area (Å²) in [5, 5.41) is -0.360. The van der Waals surface area contributed by atoms with Crippen LogP contribution in [-0.2, 0) is 14.3 Å². The van der Waals surface area contributed by atoms with E-state index >= 15 is 0 Å². The average molecular weight is 277 g/mol. The SMILES string of the molecule is COC(=O)[C@@H]1N2C(=O)C(Cl)=C(N)[C@H]2SC1(C)C. The third kappa shape index (κ3) is 1.62. The summed E-state index contributed by atoms with van der Waals surface area (Å²) in [6.07, 6.45) is 0. The van der Waals surface area contributed by atoms with Crippen molar-refractivity contribution in [3.63, 3.8) is 0 Å². The monoisotopic (exact) mass is 276 g/mol. The minimum absolute atomic E-state index is 0.00639. The minimum atomic E-state index is -0.662. The highest BCUT2D eigenvalue weighted by Crippen LogP contribution is 2.50. The molecule has 0 aromatic carbocycles. The fraction of sp³-hybridized carbons (Fsp3) is 0.600. The van der Waals surface area contributed by atoms with E-state index in [1.54, 1.807) is 0 Å². The van der Waals surface area contributed by atoms with Gasteiger partial charge >= 0.3 is 5.97 Å². The van der Waals surface area contributed by atoms with Crippen molar-refractivity contribution in [3.8, 4) is 0 Å². The molecular formula is C10H13ClN2O3S. The van der Waals surface area contributed by atoms with Gasteiger partial charge in [0.05, 0.1) is 12.8 Å². The zero-order valence-corrected chi connectivity index (χ0v) is 11.3. The molecule has 2 aliphatic heterocycles. The number of hydrogen-bond acceptors (Lipinski definition) is 5. The van der Waals surface area contributed by atoms with Gasteiger partial charge in [0.25, 0.3) is 5.91 Å². The number of fused-ring (bicyclic) bond motifs is 1. The topological polar surface area (TPSA) is 72.6 Å². The number of hydrogen-bond donors (Lipinski definition) is 1. The van der Waals surface area contributed by atoms with Crippen LogP contribution in [0.3, 0.4) is 0 Å². The molecule has 5 nitrogen and oxygen atoms in total. The minimum Gasteiger partial charge on any atom is -0.467 e. The Kier molecular flexibility index (Phi) is 2.82. The summed E-state index contributed by atoms with van der Waals surface area (Å²) in [5.41, 5.74) is 6.11. The molecule has 0 unspecified atom stereocenters. The van der Waals surface area contributed by atoms with E-state index in [2.05, 4.69) is 0 Å². The van der Waals surface area contributed by atoms with E-state index in [-0.39, 0.29) is 10.4 Å². The maximum Gasteiger partial charge on any atom is 0.330 e. The van der Waals surface area contributed by atoms with Crippen LogP contribution in [0.25, 0.3) is 0 Å². The number of carbonyl (C=O) groups is 2. The number of halogens is 1. The van der Waals surface area contributed by atoms with E-state index in [9.17, 15) is 9.59 Å². The number of ether oxygens (including phenoxy) is 1. The van der Waals surface area contributed by atoms with Crippen LogP contribution in [0.1, 0.15) is 13.8 Å². The van der Waals surface area contributed by atoms with Crippen LogP contribution in [0, 0.1) is 0 Å². The summed E-state index contributed by atoms with van der Waals surface area (Å²) < 4.78 is 4.30. The van der Waals surface area contributed by atoms with Crippen LogP contribution in [0.2, 0.25) is 0 Å². The molecule has 2 aliphatic rings. The van der Waals surface area contributed by atoms with Crippen LogP contribution in [0.4, 0.5) is 0 Å². The molecule has 2 rings (SSSR count). The Morgan fingerprint density at radius 3 is 2.71 bits per heavy atom. The standard InChI is InChI=1S/C10H13ClN2O3S/c1-10(2)6(9(15)16-3)13-7(14)4(11)5(12)8(13)17-10/h6,8H,12H2,1-3H3/t6-,8+/m0/s1. The maximum atomic E-state index is 12.0. The van der Waals surface area contributed by atoms with Gasteiger partial charge in [0.2, 0.25) is 0 Å². The predicted octanol–water partition coefficient (Wildman–Crippen LogP) is 0.631. The smallest absolute Gasteiger partial charge is 0.330 e. The number of nitrogens with two attached hydrogens (primary N) is 1. The van der Waals surface area contributed by atoms with E-state index < -0.39 is 22.7 Å². The van der Waals surface area contributed by atoms with Crippen LogP contribution in [0.5, 0.6) is 0 Å². The first-order valence-electron chi connectivity index (χ1n) is 5.04. The van der Waals surface area contributed by atoms with E-state index in [1.165, 1.54) is 23.8 Å². The molecule has 2 heterocycles. The van der Waals surface area contributed by atoms with Crippen LogP contribution in [0.15, 0.2) is 10.7 Å². The van der Waals surface area contributed by atoms with E-state index in [0.29, 0.717) is 5.70 Å². The van der Waals surface area contributed by atoms with Gasteiger partial charge in [0, 0.05) is 4.75 Å². The van der Waals surface area contributed by atoms with Gasteiger partial charge in [-0.25, -0.2) is 4.79 Å². The molecule has 2 N–H and O–H groups in total. The first-order chi connectivity index (χ1) is 7.81. The zero-order valence-electron chi connectivity index (χ0n) is 9.69. The fourth-order valence-electron chi connectivity index (χ4n) is 2.17. The second kappa shape index (κ2) is 3.81. The summed E-state index contributed by atoms with van der Waals surface area (Å²) in [5.74, 6) is -0.847. The Labute approximate surface area is 108 Å². The average Bonchev–Trinajstić information content (AvgIpc) is 2.65. The van der Waals surface area contributed by atoms with Crippen molar-refractivity contribution in [1.82, 2.24) is 4.90 Å². The molecule has 1 fully saturated rings. The van der Waals surface area contributed by atoms with Crippen LogP contribution in [-0.4, -0.2) is 40.0 Å². The van der Waals surface area contributed by atoms with Gasteiger partial charge in [-0.05, 0) is 13.8 Å². The fourth-order valence-corrected chi connectivity index (χ4v) is 3.93. The van der Waals surface area contributed by atoms with Crippen LogP contribution >= 0.6 is 23.4 Å². The number of amides is 1. The Balaban J connectivity index is 2.43. The van der Waals surface area contributed by atoms with Crippen molar-refractivity contribution < 1.29 is 14.3 Å². The molecule has 2 atom stereocenters. The Bertz CT molecular complexity index is 435. The van der Waals surface area contributed by atoms with Crippen molar-refractivity contribution in [2.45, 2.75) is 30.0 Å². The van der Waals surface area contributed by atoms with E-state index in [0.717, 1.165) is 0 Å². The summed E-state index contributed by atoms with van der Waals surface area (Å²) >= 11 is 7.26. The molecule has 0 aromatic heterocycles. The van der Waals surface area contributed by atoms with Crippen molar-refractivity contribution in [3.05, 3.63) is 10.7 Å². The number of carbonyl (C=O) groups excluding carboxylic acids is 2. The third-order valence-electron chi connectivity index (χ3n) is 2.97. The second-order valence-corrected chi connectivity index (χ2v) is 6.59. The quantitative estimate of drug-likeness (QED) is 0.711. The summed E-state index contributed by atoms with van der Waals surface area (Å²) in [4.78, 5) is 25.2. The van der Waals surface area contributed by atoms with Gasteiger partial charge in [-0.15, -0.1) is 11.8 Å². The molecule has 17 heavy (non-hydrogen) atoms. The number of methoxy groups -OCH3 is 1. The first-order valence-corrected chi connectivity index (χ1v) is 6.30. The van der Waals surface area contributed by atoms with Crippen molar-refractivity contribution in [1.29, 1.82) is 0 Å².